The number of H-pyrrole nitrogens is 2. The van der Waals surface area contributed by atoms with Gasteiger partial charge in [-0.2, -0.15) is 5.10 Å². The molecule has 0 radical (unpaired) electrons. The first-order chi connectivity index (χ1) is 17.5. The number of hydrogen-bond acceptors (Lipinski definition) is 4. The maximum Gasteiger partial charge on any atom is 0.127 e. The van der Waals surface area contributed by atoms with Gasteiger partial charge in [-0.1, -0.05) is 18.2 Å². The third-order valence-corrected chi connectivity index (χ3v) is 6.47. The third-order valence-electron chi connectivity index (χ3n) is 6.47. The Labute approximate surface area is 207 Å². The summed E-state index contributed by atoms with van der Waals surface area (Å²) >= 11 is 0. The Bertz CT molecular complexity index is 1730. The molecule has 0 amide bonds. The van der Waals surface area contributed by atoms with Crippen molar-refractivity contribution >= 4 is 27.5 Å². The normalized spacial score (nSPS) is 11.3. The zero-order valence-electron chi connectivity index (χ0n) is 20.1. The van der Waals surface area contributed by atoms with Crippen LogP contribution in [0.1, 0.15) is 0 Å². The van der Waals surface area contributed by atoms with Gasteiger partial charge in [0.25, 0.3) is 0 Å². The van der Waals surface area contributed by atoms with E-state index in [1.165, 1.54) is 19.2 Å². The second-order valence-corrected chi connectivity index (χ2v) is 8.99. The maximum absolute atomic E-state index is 14.2. The van der Waals surface area contributed by atoms with Crippen LogP contribution in [0.2, 0.25) is 0 Å². The average molecular weight is 478 g/mol. The van der Waals surface area contributed by atoms with Crippen molar-refractivity contribution in [3.8, 4) is 39.4 Å². The minimum Gasteiger partial charge on any atom is -0.497 e. The Morgan fingerprint density at radius 2 is 1.72 bits per heavy atom. The molecule has 0 fully saturated rings. The fraction of sp³-hybridized carbons (Fsp3) is 0.103. The van der Waals surface area contributed by atoms with E-state index in [0.717, 1.165) is 61.1 Å². The van der Waals surface area contributed by atoms with E-state index in [4.69, 9.17) is 4.74 Å². The van der Waals surface area contributed by atoms with Crippen LogP contribution in [0, 0.1) is 5.82 Å². The van der Waals surface area contributed by atoms with E-state index in [9.17, 15) is 4.39 Å². The van der Waals surface area contributed by atoms with Crippen molar-refractivity contribution in [3.63, 3.8) is 0 Å². The minimum absolute atomic E-state index is 0.337. The number of aromatic nitrogens is 4. The van der Waals surface area contributed by atoms with Crippen LogP contribution in [0.25, 0.3) is 55.4 Å². The standard InChI is InChI=1S/C29H24FN5O/c1-35(2)21-10-19(15-31-16-21)17-7-8-27-25(12-17)29(34-33-27)28-14-24-23(5-4-6-26(24)32-28)18-9-20(30)13-22(11-18)36-3/h4-16,32H,1-3H3,(H,33,34). The fourth-order valence-electron chi connectivity index (χ4n) is 4.60. The van der Waals surface area contributed by atoms with E-state index >= 15 is 0 Å². The molecule has 178 valence electrons. The number of fused-ring (bicyclic) bond motifs is 2. The summed E-state index contributed by atoms with van der Waals surface area (Å²) in [7, 11) is 5.54. The Morgan fingerprint density at radius 3 is 2.56 bits per heavy atom. The lowest BCUT2D eigenvalue weighted by Gasteiger charge is -2.13. The van der Waals surface area contributed by atoms with Gasteiger partial charge in [0, 0.05) is 48.2 Å². The molecule has 3 heterocycles. The Hall–Kier alpha value is -4.65. The number of nitrogens with zero attached hydrogens (tertiary/aromatic N) is 3. The molecular formula is C29H24FN5O. The first-order valence-electron chi connectivity index (χ1n) is 11.6. The molecule has 0 unspecified atom stereocenters. The quantitative estimate of drug-likeness (QED) is 0.292. The van der Waals surface area contributed by atoms with Crippen molar-refractivity contribution in [1.82, 2.24) is 20.2 Å². The monoisotopic (exact) mass is 477 g/mol. The highest BCUT2D eigenvalue weighted by Gasteiger charge is 2.15. The Kier molecular flexibility index (Phi) is 5.18. The van der Waals surface area contributed by atoms with E-state index in [1.54, 1.807) is 0 Å². The average Bonchev–Trinajstić information content (AvgIpc) is 3.51. The van der Waals surface area contributed by atoms with Crippen LogP contribution >= 0.6 is 0 Å². The smallest absolute Gasteiger partial charge is 0.127 e. The van der Waals surface area contributed by atoms with E-state index in [-0.39, 0.29) is 5.82 Å². The summed E-state index contributed by atoms with van der Waals surface area (Å²) in [4.78, 5) is 9.95. The molecule has 0 saturated heterocycles. The zero-order valence-corrected chi connectivity index (χ0v) is 20.1. The van der Waals surface area contributed by atoms with Gasteiger partial charge in [-0.3, -0.25) is 10.1 Å². The van der Waals surface area contributed by atoms with Gasteiger partial charge in [-0.25, -0.2) is 4.39 Å². The summed E-state index contributed by atoms with van der Waals surface area (Å²) in [6.45, 7) is 0. The van der Waals surface area contributed by atoms with Crippen molar-refractivity contribution in [2.24, 2.45) is 0 Å². The van der Waals surface area contributed by atoms with Gasteiger partial charge in [0.1, 0.15) is 17.3 Å². The lowest BCUT2D eigenvalue weighted by atomic mass is 10.0. The molecule has 0 aliphatic rings. The predicted molar refractivity (Wildman–Crippen MR) is 143 cm³/mol. The van der Waals surface area contributed by atoms with E-state index < -0.39 is 0 Å². The number of ether oxygens (including phenoxy) is 1. The molecule has 0 spiro atoms. The molecule has 6 nitrogen and oxygen atoms in total. The molecule has 0 aliphatic carbocycles. The molecule has 0 saturated carbocycles. The Balaban J connectivity index is 1.47. The van der Waals surface area contributed by atoms with Crippen molar-refractivity contribution in [2.45, 2.75) is 0 Å². The highest BCUT2D eigenvalue weighted by molar-refractivity contribution is 6.02. The molecule has 6 rings (SSSR count). The second-order valence-electron chi connectivity index (χ2n) is 8.99. The number of anilines is 1. The van der Waals surface area contributed by atoms with Crippen LogP contribution in [0.5, 0.6) is 5.75 Å². The molecule has 3 aromatic heterocycles. The molecule has 2 N–H and O–H groups in total. The molecule has 7 heteroatoms. The van der Waals surface area contributed by atoms with Gasteiger partial charge in [-0.15, -0.1) is 0 Å². The van der Waals surface area contributed by atoms with Crippen LogP contribution < -0.4 is 9.64 Å². The zero-order chi connectivity index (χ0) is 24.8. The molecule has 0 bridgehead atoms. The highest BCUT2D eigenvalue weighted by atomic mass is 19.1. The third kappa shape index (κ3) is 3.75. The number of pyridine rings is 1. The van der Waals surface area contributed by atoms with Crippen LogP contribution in [-0.4, -0.2) is 41.4 Å². The van der Waals surface area contributed by atoms with Gasteiger partial charge in [-0.05, 0) is 59.2 Å². The summed E-state index contributed by atoms with van der Waals surface area (Å²) in [6, 6.07) is 21.1. The van der Waals surface area contributed by atoms with Crippen molar-refractivity contribution < 1.29 is 9.13 Å². The minimum atomic E-state index is -0.337. The molecular weight excluding hydrogens is 453 g/mol. The van der Waals surface area contributed by atoms with Gasteiger partial charge in [0.2, 0.25) is 0 Å². The van der Waals surface area contributed by atoms with Crippen LogP contribution in [0.4, 0.5) is 10.1 Å². The number of methoxy groups -OCH3 is 1. The molecule has 0 aliphatic heterocycles. The number of halogens is 1. The first kappa shape index (κ1) is 21.9. The van der Waals surface area contributed by atoms with E-state index in [0.29, 0.717) is 5.75 Å². The van der Waals surface area contributed by atoms with E-state index in [2.05, 4.69) is 44.4 Å². The summed E-state index contributed by atoms with van der Waals surface area (Å²) in [5.41, 5.74) is 8.40. The molecule has 0 atom stereocenters. The lowest BCUT2D eigenvalue weighted by Crippen LogP contribution is -2.08. The molecule has 36 heavy (non-hydrogen) atoms. The lowest BCUT2D eigenvalue weighted by molar-refractivity contribution is 0.411. The number of hydrogen-bond donors (Lipinski definition) is 2. The van der Waals surface area contributed by atoms with Gasteiger partial charge in [0.15, 0.2) is 0 Å². The number of benzene rings is 3. The van der Waals surface area contributed by atoms with Crippen LogP contribution in [-0.2, 0) is 0 Å². The fourth-order valence-corrected chi connectivity index (χ4v) is 4.60. The van der Waals surface area contributed by atoms with Crippen molar-refractivity contribution in [3.05, 3.63) is 84.9 Å². The highest BCUT2D eigenvalue weighted by Crippen LogP contribution is 2.36. The summed E-state index contributed by atoms with van der Waals surface area (Å²) in [5.74, 6) is 0.146. The SMILES string of the molecule is COc1cc(F)cc(-c2cccc3[nH]c(-c4n[nH]c5ccc(-c6cncc(N(C)C)c6)cc45)cc23)c1. The predicted octanol–water partition coefficient (Wildman–Crippen LogP) is 6.65. The van der Waals surface area contributed by atoms with Gasteiger partial charge >= 0.3 is 0 Å². The summed E-state index contributed by atoms with van der Waals surface area (Å²) in [6.07, 6.45) is 3.72. The topological polar surface area (TPSA) is 69.8 Å². The first-order valence-corrected chi connectivity index (χ1v) is 11.6. The van der Waals surface area contributed by atoms with Crippen molar-refractivity contribution in [2.75, 3.05) is 26.1 Å². The number of nitrogens with one attached hydrogen (secondary N) is 2. The van der Waals surface area contributed by atoms with Gasteiger partial charge < -0.3 is 14.6 Å². The number of aromatic amines is 2. The molecule has 3 aromatic carbocycles. The summed E-state index contributed by atoms with van der Waals surface area (Å²) in [5, 5.41) is 9.76. The van der Waals surface area contributed by atoms with Crippen molar-refractivity contribution in [1.29, 1.82) is 0 Å². The number of rotatable bonds is 5. The van der Waals surface area contributed by atoms with Gasteiger partial charge in [0.05, 0.1) is 30.2 Å². The van der Waals surface area contributed by atoms with E-state index in [1.807, 2.05) is 61.7 Å². The summed E-state index contributed by atoms with van der Waals surface area (Å²) < 4.78 is 19.5. The van der Waals surface area contributed by atoms with Crippen LogP contribution in [0.3, 0.4) is 0 Å². The Morgan fingerprint density at radius 1 is 0.833 bits per heavy atom. The largest absolute Gasteiger partial charge is 0.497 e. The maximum atomic E-state index is 14.2. The van der Waals surface area contributed by atoms with Crippen LogP contribution in [0.15, 0.2) is 79.1 Å². The molecule has 6 aromatic rings. The second kappa shape index (κ2) is 8.53.